The van der Waals surface area contributed by atoms with Gasteiger partial charge < -0.3 is 5.32 Å². The third kappa shape index (κ3) is 3.17. The standard InChI is InChI=1S/C20H19NO/c1-15(22)21-14-20(17-8-3-2-4-9-17)19-12-11-16-7-5-6-10-18(16)13-19/h2-13,20H,14H2,1H3,(H,21,22)/t20-/m0/s1. The molecular formula is C20H19NO. The molecule has 0 aromatic heterocycles. The van der Waals surface area contributed by atoms with E-state index in [1.165, 1.54) is 21.9 Å². The second-order valence-corrected chi connectivity index (χ2v) is 5.51. The van der Waals surface area contributed by atoms with Gasteiger partial charge in [0.2, 0.25) is 5.91 Å². The minimum atomic E-state index is 0.00159. The van der Waals surface area contributed by atoms with Gasteiger partial charge in [-0.05, 0) is 21.9 Å². The summed E-state index contributed by atoms with van der Waals surface area (Å²) in [5.74, 6) is 0.163. The summed E-state index contributed by atoms with van der Waals surface area (Å²) >= 11 is 0. The quantitative estimate of drug-likeness (QED) is 0.769. The Morgan fingerprint density at radius 1 is 0.864 bits per heavy atom. The lowest BCUT2D eigenvalue weighted by atomic mass is 9.90. The monoisotopic (exact) mass is 289 g/mol. The van der Waals surface area contributed by atoms with Gasteiger partial charge in [0.25, 0.3) is 0 Å². The van der Waals surface area contributed by atoms with Crippen LogP contribution in [0.15, 0.2) is 72.8 Å². The fourth-order valence-electron chi connectivity index (χ4n) is 2.78. The maximum absolute atomic E-state index is 11.3. The number of hydrogen-bond donors (Lipinski definition) is 1. The minimum absolute atomic E-state index is 0.00159. The van der Waals surface area contributed by atoms with E-state index in [1.807, 2.05) is 24.3 Å². The summed E-state index contributed by atoms with van der Waals surface area (Å²) in [6.07, 6.45) is 0. The summed E-state index contributed by atoms with van der Waals surface area (Å²) in [5, 5.41) is 5.41. The van der Waals surface area contributed by atoms with Crippen LogP contribution in [0.25, 0.3) is 10.8 Å². The van der Waals surface area contributed by atoms with Gasteiger partial charge in [-0.1, -0.05) is 72.8 Å². The van der Waals surface area contributed by atoms with Crippen LogP contribution in [0.4, 0.5) is 0 Å². The molecule has 1 N–H and O–H groups in total. The van der Waals surface area contributed by atoms with Gasteiger partial charge in [0.1, 0.15) is 0 Å². The summed E-state index contributed by atoms with van der Waals surface area (Å²) in [5.41, 5.74) is 2.44. The molecule has 0 saturated heterocycles. The Labute approximate surface area is 130 Å². The van der Waals surface area contributed by atoms with E-state index in [-0.39, 0.29) is 11.8 Å². The van der Waals surface area contributed by atoms with Crippen LogP contribution in [0.3, 0.4) is 0 Å². The Kier molecular flexibility index (Phi) is 4.19. The lowest BCUT2D eigenvalue weighted by Gasteiger charge is -2.19. The Morgan fingerprint density at radius 2 is 1.55 bits per heavy atom. The van der Waals surface area contributed by atoms with Crippen LogP contribution < -0.4 is 5.32 Å². The van der Waals surface area contributed by atoms with Crippen molar-refractivity contribution >= 4 is 16.7 Å². The zero-order valence-corrected chi connectivity index (χ0v) is 12.6. The van der Waals surface area contributed by atoms with Crippen LogP contribution in [0.5, 0.6) is 0 Å². The molecule has 0 saturated carbocycles. The molecule has 1 atom stereocenters. The topological polar surface area (TPSA) is 29.1 Å². The normalized spacial score (nSPS) is 12.0. The van der Waals surface area contributed by atoms with Crippen molar-refractivity contribution in [2.75, 3.05) is 6.54 Å². The number of fused-ring (bicyclic) bond motifs is 1. The predicted octanol–water partition coefficient (Wildman–Crippen LogP) is 4.11. The maximum atomic E-state index is 11.3. The minimum Gasteiger partial charge on any atom is -0.355 e. The fraction of sp³-hybridized carbons (Fsp3) is 0.150. The largest absolute Gasteiger partial charge is 0.355 e. The number of carbonyl (C=O) groups is 1. The van der Waals surface area contributed by atoms with Crippen molar-refractivity contribution in [2.24, 2.45) is 0 Å². The van der Waals surface area contributed by atoms with Gasteiger partial charge in [-0.15, -0.1) is 0 Å². The zero-order chi connectivity index (χ0) is 15.4. The highest BCUT2D eigenvalue weighted by Crippen LogP contribution is 2.27. The first-order valence-corrected chi connectivity index (χ1v) is 7.52. The predicted molar refractivity (Wildman–Crippen MR) is 90.9 cm³/mol. The molecule has 22 heavy (non-hydrogen) atoms. The van der Waals surface area contributed by atoms with Crippen LogP contribution >= 0.6 is 0 Å². The summed E-state index contributed by atoms with van der Waals surface area (Å²) in [6.45, 7) is 2.17. The molecule has 3 aromatic rings. The van der Waals surface area contributed by atoms with Crippen LogP contribution in [-0.2, 0) is 4.79 Å². The number of benzene rings is 3. The third-order valence-electron chi connectivity index (χ3n) is 3.93. The number of carbonyl (C=O) groups excluding carboxylic acids is 1. The average molecular weight is 289 g/mol. The third-order valence-corrected chi connectivity index (χ3v) is 3.93. The first-order chi connectivity index (χ1) is 10.7. The molecular weight excluding hydrogens is 270 g/mol. The molecule has 0 bridgehead atoms. The van der Waals surface area contributed by atoms with E-state index in [4.69, 9.17) is 0 Å². The van der Waals surface area contributed by atoms with Gasteiger partial charge in [0.05, 0.1) is 0 Å². The molecule has 110 valence electrons. The van der Waals surface area contributed by atoms with Gasteiger partial charge in [0, 0.05) is 19.4 Å². The van der Waals surface area contributed by atoms with Crippen molar-refractivity contribution in [2.45, 2.75) is 12.8 Å². The fourth-order valence-corrected chi connectivity index (χ4v) is 2.78. The van der Waals surface area contributed by atoms with Crippen molar-refractivity contribution in [3.8, 4) is 0 Å². The number of hydrogen-bond acceptors (Lipinski definition) is 1. The van der Waals surface area contributed by atoms with E-state index in [9.17, 15) is 4.79 Å². The van der Waals surface area contributed by atoms with Crippen LogP contribution in [0.1, 0.15) is 24.0 Å². The molecule has 1 amide bonds. The molecule has 0 heterocycles. The SMILES string of the molecule is CC(=O)NC[C@@H](c1ccccc1)c1ccc2ccccc2c1. The first kappa shape index (κ1) is 14.3. The van der Waals surface area contributed by atoms with Crippen molar-refractivity contribution in [1.82, 2.24) is 5.32 Å². The van der Waals surface area contributed by atoms with E-state index in [2.05, 4.69) is 53.8 Å². The molecule has 2 nitrogen and oxygen atoms in total. The molecule has 3 aromatic carbocycles. The summed E-state index contributed by atoms with van der Waals surface area (Å²) in [6, 6.07) is 25.2. The summed E-state index contributed by atoms with van der Waals surface area (Å²) < 4.78 is 0. The van der Waals surface area contributed by atoms with Crippen LogP contribution in [0, 0.1) is 0 Å². The van der Waals surface area contributed by atoms with Gasteiger partial charge in [-0.2, -0.15) is 0 Å². The number of amides is 1. The van der Waals surface area contributed by atoms with Crippen LogP contribution in [0.2, 0.25) is 0 Å². The maximum Gasteiger partial charge on any atom is 0.216 e. The summed E-state index contributed by atoms with van der Waals surface area (Å²) in [7, 11) is 0. The van der Waals surface area contributed by atoms with E-state index in [0.29, 0.717) is 6.54 Å². The molecule has 2 heteroatoms. The molecule has 0 radical (unpaired) electrons. The highest BCUT2D eigenvalue weighted by Gasteiger charge is 2.14. The Hall–Kier alpha value is -2.61. The Morgan fingerprint density at radius 3 is 2.27 bits per heavy atom. The average Bonchev–Trinajstić information content (AvgIpc) is 2.55. The Balaban J connectivity index is 2.01. The highest BCUT2D eigenvalue weighted by molar-refractivity contribution is 5.83. The lowest BCUT2D eigenvalue weighted by Crippen LogP contribution is -2.26. The molecule has 0 aliphatic heterocycles. The molecule has 0 fully saturated rings. The second-order valence-electron chi connectivity index (χ2n) is 5.51. The number of nitrogens with one attached hydrogen (secondary N) is 1. The molecule has 3 rings (SSSR count). The Bertz CT molecular complexity index is 780. The van der Waals surface area contributed by atoms with Crippen LogP contribution in [-0.4, -0.2) is 12.5 Å². The van der Waals surface area contributed by atoms with Crippen molar-refractivity contribution in [1.29, 1.82) is 0 Å². The number of rotatable bonds is 4. The van der Waals surface area contributed by atoms with Gasteiger partial charge >= 0.3 is 0 Å². The highest BCUT2D eigenvalue weighted by atomic mass is 16.1. The first-order valence-electron chi connectivity index (χ1n) is 7.52. The molecule has 0 aliphatic rings. The molecule has 0 spiro atoms. The van der Waals surface area contributed by atoms with Gasteiger partial charge in [-0.25, -0.2) is 0 Å². The molecule has 0 unspecified atom stereocenters. The lowest BCUT2D eigenvalue weighted by molar-refractivity contribution is -0.118. The van der Waals surface area contributed by atoms with Gasteiger partial charge in [0.15, 0.2) is 0 Å². The second kappa shape index (κ2) is 6.44. The van der Waals surface area contributed by atoms with Gasteiger partial charge in [-0.3, -0.25) is 4.79 Å². The summed E-state index contributed by atoms with van der Waals surface area (Å²) in [4.78, 5) is 11.3. The van der Waals surface area contributed by atoms with E-state index >= 15 is 0 Å². The van der Waals surface area contributed by atoms with Crippen molar-refractivity contribution < 1.29 is 4.79 Å². The smallest absolute Gasteiger partial charge is 0.216 e. The zero-order valence-electron chi connectivity index (χ0n) is 12.6. The van der Waals surface area contributed by atoms with E-state index in [0.717, 1.165) is 0 Å². The van der Waals surface area contributed by atoms with Crippen molar-refractivity contribution in [3.05, 3.63) is 83.9 Å². The van der Waals surface area contributed by atoms with Crippen molar-refractivity contribution in [3.63, 3.8) is 0 Å². The van der Waals surface area contributed by atoms with E-state index in [1.54, 1.807) is 6.92 Å². The molecule has 0 aliphatic carbocycles. The van der Waals surface area contributed by atoms with E-state index < -0.39 is 0 Å².